The van der Waals surface area contributed by atoms with Crippen LogP contribution in [0.25, 0.3) is 0 Å². The average Bonchev–Trinajstić information content (AvgIpc) is 3.05. The first-order chi connectivity index (χ1) is 12.4. The SMILES string of the molecule is CCCCCCCCCCCCCCCCN1CNc2ccccc21. The largest absolute Gasteiger partial charge is 0.366 e. The molecule has 1 heterocycles. The number of para-hydroxylation sites is 2. The van der Waals surface area contributed by atoms with Crippen LogP contribution in [0.4, 0.5) is 11.4 Å². The van der Waals surface area contributed by atoms with Gasteiger partial charge in [0.25, 0.3) is 0 Å². The lowest BCUT2D eigenvalue weighted by atomic mass is 10.0. The van der Waals surface area contributed by atoms with E-state index in [0.717, 1.165) is 6.67 Å². The van der Waals surface area contributed by atoms with E-state index in [1.165, 1.54) is 108 Å². The first-order valence-corrected chi connectivity index (χ1v) is 11.0. The van der Waals surface area contributed by atoms with Gasteiger partial charge in [-0.2, -0.15) is 0 Å². The van der Waals surface area contributed by atoms with E-state index in [2.05, 4.69) is 41.4 Å². The van der Waals surface area contributed by atoms with Crippen LogP contribution in [0.15, 0.2) is 24.3 Å². The molecule has 1 aromatic carbocycles. The van der Waals surface area contributed by atoms with Crippen LogP contribution in [0.2, 0.25) is 0 Å². The number of hydrogen-bond acceptors (Lipinski definition) is 2. The highest BCUT2D eigenvalue weighted by atomic mass is 15.3. The Morgan fingerprint density at radius 1 is 0.720 bits per heavy atom. The van der Waals surface area contributed by atoms with Crippen molar-refractivity contribution in [1.82, 2.24) is 0 Å². The molecule has 2 nitrogen and oxygen atoms in total. The van der Waals surface area contributed by atoms with Gasteiger partial charge in [0.15, 0.2) is 0 Å². The fourth-order valence-electron chi connectivity index (χ4n) is 3.86. The Hall–Kier alpha value is -1.18. The molecule has 0 aliphatic carbocycles. The van der Waals surface area contributed by atoms with Crippen LogP contribution in [0.5, 0.6) is 0 Å². The summed E-state index contributed by atoms with van der Waals surface area (Å²) in [6, 6.07) is 8.67. The molecule has 2 rings (SSSR count). The Labute approximate surface area is 156 Å². The van der Waals surface area contributed by atoms with E-state index in [-0.39, 0.29) is 0 Å². The van der Waals surface area contributed by atoms with Crippen molar-refractivity contribution in [2.45, 2.75) is 96.8 Å². The summed E-state index contributed by atoms with van der Waals surface area (Å²) in [5.41, 5.74) is 2.69. The second-order valence-corrected chi connectivity index (χ2v) is 7.71. The number of nitrogens with zero attached hydrogens (tertiary/aromatic N) is 1. The summed E-state index contributed by atoms with van der Waals surface area (Å²) in [6.45, 7) is 4.47. The minimum Gasteiger partial charge on any atom is -0.366 e. The minimum atomic E-state index is 0.984. The molecule has 0 amide bonds. The standard InChI is InChI=1S/C23H40N2/c1-2-3-4-5-6-7-8-9-10-11-12-13-14-17-20-25-21-24-22-18-15-16-19-23(22)25/h15-16,18-19,24H,2-14,17,20-21H2,1H3. The lowest BCUT2D eigenvalue weighted by Gasteiger charge is -2.17. The number of rotatable bonds is 15. The average molecular weight is 345 g/mol. The van der Waals surface area contributed by atoms with E-state index < -0.39 is 0 Å². The maximum absolute atomic E-state index is 3.48. The molecule has 0 saturated heterocycles. The van der Waals surface area contributed by atoms with Gasteiger partial charge in [-0.15, -0.1) is 0 Å². The number of nitrogens with one attached hydrogen (secondary N) is 1. The van der Waals surface area contributed by atoms with Gasteiger partial charge in [0.1, 0.15) is 0 Å². The Morgan fingerprint density at radius 3 is 1.84 bits per heavy atom. The topological polar surface area (TPSA) is 15.3 Å². The molecule has 1 N–H and O–H groups in total. The van der Waals surface area contributed by atoms with Crippen LogP contribution in [-0.2, 0) is 0 Å². The monoisotopic (exact) mass is 344 g/mol. The Kier molecular flexibility index (Phi) is 10.5. The lowest BCUT2D eigenvalue weighted by molar-refractivity contribution is 0.535. The van der Waals surface area contributed by atoms with Gasteiger partial charge in [-0.25, -0.2) is 0 Å². The first kappa shape index (κ1) is 20.1. The summed E-state index contributed by atoms with van der Waals surface area (Å²) >= 11 is 0. The molecule has 0 unspecified atom stereocenters. The minimum absolute atomic E-state index is 0.984. The third kappa shape index (κ3) is 8.16. The molecule has 1 aliphatic rings. The van der Waals surface area contributed by atoms with E-state index >= 15 is 0 Å². The summed E-state index contributed by atoms with van der Waals surface area (Å²) in [5, 5.41) is 3.48. The maximum Gasteiger partial charge on any atom is 0.0877 e. The molecule has 0 saturated carbocycles. The van der Waals surface area contributed by atoms with Crippen molar-refractivity contribution < 1.29 is 0 Å². The van der Waals surface area contributed by atoms with Crippen molar-refractivity contribution in [3.63, 3.8) is 0 Å². The Bertz CT molecular complexity index is 443. The van der Waals surface area contributed by atoms with Crippen LogP contribution >= 0.6 is 0 Å². The van der Waals surface area contributed by atoms with Crippen molar-refractivity contribution in [3.8, 4) is 0 Å². The molecular formula is C23H40N2. The van der Waals surface area contributed by atoms with Gasteiger partial charge in [0.05, 0.1) is 18.0 Å². The van der Waals surface area contributed by atoms with Crippen molar-refractivity contribution in [1.29, 1.82) is 0 Å². The summed E-state index contributed by atoms with van der Waals surface area (Å²) in [7, 11) is 0. The second kappa shape index (κ2) is 13.1. The molecule has 142 valence electrons. The molecule has 2 heteroatoms. The smallest absolute Gasteiger partial charge is 0.0877 e. The van der Waals surface area contributed by atoms with Gasteiger partial charge in [-0.1, -0.05) is 103 Å². The maximum atomic E-state index is 3.48. The molecular weight excluding hydrogens is 304 g/mol. The highest BCUT2D eigenvalue weighted by Crippen LogP contribution is 2.30. The fourth-order valence-corrected chi connectivity index (χ4v) is 3.86. The van der Waals surface area contributed by atoms with Gasteiger partial charge in [0.2, 0.25) is 0 Å². The molecule has 0 bridgehead atoms. The molecule has 0 aromatic heterocycles. The molecule has 0 radical (unpaired) electrons. The summed E-state index contributed by atoms with van der Waals surface area (Å²) < 4.78 is 0. The first-order valence-electron chi connectivity index (χ1n) is 11.0. The summed E-state index contributed by atoms with van der Waals surface area (Å²) in [6.07, 6.45) is 20.0. The lowest BCUT2D eigenvalue weighted by Crippen LogP contribution is -2.23. The van der Waals surface area contributed by atoms with Gasteiger partial charge >= 0.3 is 0 Å². The van der Waals surface area contributed by atoms with Crippen molar-refractivity contribution >= 4 is 11.4 Å². The van der Waals surface area contributed by atoms with Gasteiger partial charge in [0, 0.05) is 6.54 Å². The molecule has 25 heavy (non-hydrogen) atoms. The number of fused-ring (bicyclic) bond motifs is 1. The highest BCUT2D eigenvalue weighted by molar-refractivity contribution is 5.74. The van der Waals surface area contributed by atoms with Crippen LogP contribution in [0.3, 0.4) is 0 Å². The molecule has 0 fully saturated rings. The van der Waals surface area contributed by atoms with Crippen molar-refractivity contribution in [3.05, 3.63) is 24.3 Å². The quantitative estimate of drug-likeness (QED) is 0.334. The van der Waals surface area contributed by atoms with E-state index in [9.17, 15) is 0 Å². The van der Waals surface area contributed by atoms with E-state index in [0.29, 0.717) is 0 Å². The van der Waals surface area contributed by atoms with Crippen LogP contribution in [0.1, 0.15) is 96.8 Å². The van der Waals surface area contributed by atoms with E-state index in [1.807, 2.05) is 0 Å². The number of anilines is 2. The van der Waals surface area contributed by atoms with Gasteiger partial charge in [-0.3, -0.25) is 0 Å². The number of hydrogen-bond donors (Lipinski definition) is 1. The predicted molar refractivity (Wildman–Crippen MR) is 113 cm³/mol. The zero-order chi connectivity index (χ0) is 17.6. The molecule has 0 atom stereocenters. The third-order valence-corrected chi connectivity index (χ3v) is 5.49. The predicted octanol–water partition coefficient (Wildman–Crippen LogP) is 7.36. The van der Waals surface area contributed by atoms with Crippen molar-refractivity contribution in [2.75, 3.05) is 23.4 Å². The van der Waals surface area contributed by atoms with Crippen LogP contribution in [-0.4, -0.2) is 13.2 Å². The Balaban J connectivity index is 1.34. The van der Waals surface area contributed by atoms with Crippen LogP contribution in [0, 0.1) is 0 Å². The molecule has 1 aliphatic heterocycles. The third-order valence-electron chi connectivity index (χ3n) is 5.49. The van der Waals surface area contributed by atoms with E-state index in [4.69, 9.17) is 0 Å². The normalized spacial score (nSPS) is 13.1. The highest BCUT2D eigenvalue weighted by Gasteiger charge is 2.16. The number of unbranched alkanes of at least 4 members (excludes halogenated alkanes) is 13. The molecule has 1 aromatic rings. The molecule has 0 spiro atoms. The van der Waals surface area contributed by atoms with Crippen molar-refractivity contribution in [2.24, 2.45) is 0 Å². The zero-order valence-electron chi connectivity index (χ0n) is 16.6. The zero-order valence-corrected chi connectivity index (χ0v) is 16.6. The second-order valence-electron chi connectivity index (χ2n) is 7.71. The fraction of sp³-hybridized carbons (Fsp3) is 0.739. The van der Waals surface area contributed by atoms with Gasteiger partial charge < -0.3 is 10.2 Å². The summed E-state index contributed by atoms with van der Waals surface area (Å²) in [4.78, 5) is 2.48. The Morgan fingerprint density at radius 2 is 1.24 bits per heavy atom. The number of benzene rings is 1. The summed E-state index contributed by atoms with van der Waals surface area (Å²) in [5.74, 6) is 0. The van der Waals surface area contributed by atoms with Gasteiger partial charge in [-0.05, 0) is 18.6 Å². The van der Waals surface area contributed by atoms with E-state index in [1.54, 1.807) is 0 Å². The van der Waals surface area contributed by atoms with Crippen LogP contribution < -0.4 is 10.2 Å².